The van der Waals surface area contributed by atoms with Gasteiger partial charge in [-0.05, 0) is 75.8 Å². The number of methoxy groups -OCH3 is 1. The van der Waals surface area contributed by atoms with Crippen molar-refractivity contribution in [3.63, 3.8) is 0 Å². The average molecular weight is 421 g/mol. The van der Waals surface area contributed by atoms with Crippen LogP contribution in [0.3, 0.4) is 0 Å². The van der Waals surface area contributed by atoms with E-state index in [1.54, 1.807) is 7.11 Å². The summed E-state index contributed by atoms with van der Waals surface area (Å²) in [7, 11) is 1.68. The van der Waals surface area contributed by atoms with Gasteiger partial charge in [0.25, 0.3) is 0 Å². The summed E-state index contributed by atoms with van der Waals surface area (Å²) in [6, 6.07) is 16.7. The zero-order valence-electron chi connectivity index (χ0n) is 18.1. The molecule has 4 rings (SSSR count). The second-order valence-electron chi connectivity index (χ2n) is 7.99. The molecule has 0 amide bonds. The quantitative estimate of drug-likeness (QED) is 0.570. The normalized spacial score (nSPS) is 18.7. The summed E-state index contributed by atoms with van der Waals surface area (Å²) >= 11 is 5.83. The molecular formula is C24H28N4OS. The standard InChI is InChI=1S/C24H28N4OS/c1-15(2)27-16(3)13-20(17(27)4)23-22(21-11-6-7-12-25-21)26-24(30)28(23)18-9-8-10-19(14-18)29-5/h6-15,22-23H,1-5H3,(H,26,30)/t22-,23+/m1/s1. The van der Waals surface area contributed by atoms with Crippen LogP contribution in [0.2, 0.25) is 0 Å². The number of anilines is 1. The number of aryl methyl sites for hydroxylation is 1. The Morgan fingerprint density at radius 3 is 2.53 bits per heavy atom. The smallest absolute Gasteiger partial charge is 0.174 e. The van der Waals surface area contributed by atoms with Crippen molar-refractivity contribution in [1.29, 1.82) is 0 Å². The summed E-state index contributed by atoms with van der Waals surface area (Å²) in [5, 5.41) is 4.23. The fraction of sp³-hybridized carbons (Fsp3) is 0.333. The van der Waals surface area contributed by atoms with Crippen molar-refractivity contribution in [1.82, 2.24) is 14.9 Å². The third-order valence-electron chi connectivity index (χ3n) is 5.79. The molecule has 2 atom stereocenters. The van der Waals surface area contributed by atoms with Gasteiger partial charge in [-0.25, -0.2) is 0 Å². The molecule has 0 spiro atoms. The molecule has 3 heterocycles. The van der Waals surface area contributed by atoms with Crippen molar-refractivity contribution in [2.24, 2.45) is 0 Å². The Bertz CT molecular complexity index is 1060. The molecular weight excluding hydrogens is 392 g/mol. The number of benzene rings is 1. The third kappa shape index (κ3) is 3.45. The van der Waals surface area contributed by atoms with Gasteiger partial charge in [-0.2, -0.15) is 0 Å². The molecule has 0 bridgehead atoms. The van der Waals surface area contributed by atoms with Gasteiger partial charge in [-0.3, -0.25) is 4.98 Å². The molecule has 30 heavy (non-hydrogen) atoms. The van der Waals surface area contributed by atoms with Crippen LogP contribution in [-0.2, 0) is 0 Å². The molecule has 1 aliphatic heterocycles. The van der Waals surface area contributed by atoms with Crippen molar-refractivity contribution in [3.05, 3.63) is 77.4 Å². The Morgan fingerprint density at radius 1 is 1.10 bits per heavy atom. The van der Waals surface area contributed by atoms with Gasteiger partial charge < -0.3 is 19.5 Å². The molecule has 0 unspecified atom stereocenters. The molecule has 5 nitrogen and oxygen atoms in total. The van der Waals surface area contributed by atoms with Gasteiger partial charge in [-0.1, -0.05) is 12.1 Å². The molecule has 1 aliphatic rings. The maximum absolute atomic E-state index is 5.83. The van der Waals surface area contributed by atoms with Crippen LogP contribution < -0.4 is 15.0 Å². The Labute approximate surface area is 183 Å². The molecule has 6 heteroatoms. The number of rotatable bonds is 5. The number of ether oxygens (including phenoxy) is 1. The molecule has 3 aromatic rings. The number of thiocarbonyl (C=S) groups is 1. The maximum Gasteiger partial charge on any atom is 0.174 e. The topological polar surface area (TPSA) is 42.3 Å². The Morgan fingerprint density at radius 2 is 1.90 bits per heavy atom. The van der Waals surface area contributed by atoms with Crippen LogP contribution in [0.15, 0.2) is 54.7 Å². The van der Waals surface area contributed by atoms with Crippen LogP contribution in [0, 0.1) is 13.8 Å². The van der Waals surface area contributed by atoms with Gasteiger partial charge >= 0.3 is 0 Å². The lowest BCUT2D eigenvalue weighted by molar-refractivity contribution is 0.415. The van der Waals surface area contributed by atoms with Gasteiger partial charge in [0.1, 0.15) is 5.75 Å². The summed E-state index contributed by atoms with van der Waals surface area (Å²) in [5.74, 6) is 0.808. The lowest BCUT2D eigenvalue weighted by Crippen LogP contribution is -2.29. The number of aromatic nitrogens is 2. The minimum Gasteiger partial charge on any atom is -0.497 e. The van der Waals surface area contributed by atoms with Gasteiger partial charge in [0.15, 0.2) is 5.11 Å². The van der Waals surface area contributed by atoms with Crippen LogP contribution in [0.4, 0.5) is 5.69 Å². The van der Waals surface area contributed by atoms with Crippen LogP contribution >= 0.6 is 12.2 Å². The monoisotopic (exact) mass is 420 g/mol. The maximum atomic E-state index is 5.83. The molecule has 1 N–H and O–H groups in total. The first-order valence-corrected chi connectivity index (χ1v) is 10.7. The zero-order chi connectivity index (χ0) is 21.4. The average Bonchev–Trinajstić information content (AvgIpc) is 3.24. The summed E-state index contributed by atoms with van der Waals surface area (Å²) < 4.78 is 7.86. The number of nitrogens with zero attached hydrogens (tertiary/aromatic N) is 3. The van der Waals surface area contributed by atoms with Crippen molar-refractivity contribution in [2.45, 2.75) is 45.8 Å². The molecule has 0 aliphatic carbocycles. The molecule has 1 saturated heterocycles. The number of pyridine rings is 1. The Hall–Kier alpha value is -2.86. The number of nitrogens with one attached hydrogen (secondary N) is 1. The minimum atomic E-state index is -0.0500. The lowest BCUT2D eigenvalue weighted by Gasteiger charge is -2.28. The van der Waals surface area contributed by atoms with Gasteiger partial charge in [-0.15, -0.1) is 0 Å². The molecule has 1 aromatic carbocycles. The van der Waals surface area contributed by atoms with Crippen LogP contribution in [0.25, 0.3) is 0 Å². The van der Waals surface area contributed by atoms with E-state index in [4.69, 9.17) is 17.0 Å². The fourth-order valence-electron chi connectivity index (χ4n) is 4.61. The van der Waals surface area contributed by atoms with Gasteiger partial charge in [0.05, 0.1) is 24.9 Å². The van der Waals surface area contributed by atoms with E-state index in [9.17, 15) is 0 Å². The van der Waals surface area contributed by atoms with Crippen molar-refractivity contribution < 1.29 is 4.74 Å². The van der Waals surface area contributed by atoms with Crippen LogP contribution in [0.5, 0.6) is 5.75 Å². The summed E-state index contributed by atoms with van der Waals surface area (Å²) in [5.41, 5.74) is 5.75. The van der Waals surface area contributed by atoms with Gasteiger partial charge in [0.2, 0.25) is 0 Å². The van der Waals surface area contributed by atoms with Crippen molar-refractivity contribution in [2.75, 3.05) is 12.0 Å². The van der Waals surface area contributed by atoms with E-state index in [0.717, 1.165) is 17.1 Å². The summed E-state index contributed by atoms with van der Waals surface area (Å²) in [4.78, 5) is 6.84. The van der Waals surface area contributed by atoms with E-state index in [2.05, 4.69) is 65.7 Å². The first-order chi connectivity index (χ1) is 14.4. The van der Waals surface area contributed by atoms with Crippen LogP contribution in [0.1, 0.15) is 54.6 Å². The van der Waals surface area contributed by atoms with E-state index in [1.807, 2.05) is 36.5 Å². The molecule has 1 fully saturated rings. The second kappa shape index (κ2) is 8.11. The highest BCUT2D eigenvalue weighted by molar-refractivity contribution is 7.80. The highest BCUT2D eigenvalue weighted by Crippen LogP contribution is 2.44. The van der Waals surface area contributed by atoms with E-state index in [1.165, 1.54) is 17.0 Å². The summed E-state index contributed by atoms with van der Waals surface area (Å²) in [6.45, 7) is 8.81. The SMILES string of the molecule is COc1cccc(N2C(=S)N[C@H](c3ccccn3)[C@@H]2c2cc(C)n(C(C)C)c2C)c1. The highest BCUT2D eigenvalue weighted by Gasteiger charge is 2.42. The Balaban J connectivity index is 1.89. The number of hydrogen-bond donors (Lipinski definition) is 1. The fourth-order valence-corrected chi connectivity index (χ4v) is 4.95. The third-order valence-corrected chi connectivity index (χ3v) is 6.10. The van der Waals surface area contributed by atoms with E-state index < -0.39 is 0 Å². The van der Waals surface area contributed by atoms with Crippen LogP contribution in [-0.4, -0.2) is 21.8 Å². The minimum absolute atomic E-state index is 0.0155. The molecule has 0 radical (unpaired) electrons. The Kier molecular flexibility index (Phi) is 5.52. The summed E-state index contributed by atoms with van der Waals surface area (Å²) in [6.07, 6.45) is 1.84. The van der Waals surface area contributed by atoms with E-state index in [0.29, 0.717) is 11.2 Å². The second-order valence-corrected chi connectivity index (χ2v) is 8.38. The van der Waals surface area contributed by atoms with Crippen molar-refractivity contribution >= 4 is 23.0 Å². The predicted molar refractivity (Wildman–Crippen MR) is 125 cm³/mol. The first kappa shape index (κ1) is 20.4. The number of hydrogen-bond acceptors (Lipinski definition) is 3. The van der Waals surface area contributed by atoms with E-state index in [-0.39, 0.29) is 12.1 Å². The highest BCUT2D eigenvalue weighted by atomic mass is 32.1. The molecule has 2 aromatic heterocycles. The lowest BCUT2D eigenvalue weighted by atomic mass is 9.96. The zero-order valence-corrected chi connectivity index (χ0v) is 18.9. The molecule has 0 saturated carbocycles. The van der Waals surface area contributed by atoms with E-state index >= 15 is 0 Å². The van der Waals surface area contributed by atoms with Crippen molar-refractivity contribution in [3.8, 4) is 5.75 Å². The van der Waals surface area contributed by atoms with Gasteiger partial charge in [0, 0.05) is 35.4 Å². The molecule has 156 valence electrons. The first-order valence-electron chi connectivity index (χ1n) is 10.3. The predicted octanol–water partition coefficient (Wildman–Crippen LogP) is 5.27. The largest absolute Gasteiger partial charge is 0.497 e.